The molecule has 1 fully saturated rings. The van der Waals surface area contributed by atoms with Crippen molar-refractivity contribution in [2.24, 2.45) is 0 Å². The minimum absolute atomic E-state index is 0.0569. The minimum atomic E-state index is -0.103. The summed E-state index contributed by atoms with van der Waals surface area (Å²) >= 11 is 1.75. The maximum Gasteiger partial charge on any atom is 0.289 e. The van der Waals surface area contributed by atoms with Gasteiger partial charge in [-0.1, -0.05) is 18.2 Å². The number of nitrogens with zero attached hydrogens (tertiary/aromatic N) is 2. The Morgan fingerprint density at radius 1 is 1.00 bits per heavy atom. The van der Waals surface area contributed by atoms with Crippen molar-refractivity contribution in [2.45, 2.75) is 10.8 Å². The van der Waals surface area contributed by atoms with Crippen LogP contribution in [-0.4, -0.2) is 53.5 Å². The zero-order valence-corrected chi connectivity index (χ0v) is 14.0. The molecule has 1 atom stereocenters. The van der Waals surface area contributed by atoms with Gasteiger partial charge in [-0.25, -0.2) is 0 Å². The number of furan rings is 1. The molecule has 24 heavy (non-hydrogen) atoms. The third-order valence-corrected chi connectivity index (χ3v) is 5.79. The van der Waals surface area contributed by atoms with Crippen molar-refractivity contribution < 1.29 is 14.0 Å². The van der Waals surface area contributed by atoms with Gasteiger partial charge in [0.15, 0.2) is 5.76 Å². The van der Waals surface area contributed by atoms with E-state index in [4.69, 9.17) is 4.42 Å². The molecule has 6 heteroatoms. The highest BCUT2D eigenvalue weighted by atomic mass is 32.2. The van der Waals surface area contributed by atoms with Crippen molar-refractivity contribution >= 4 is 23.6 Å². The molecular formula is C18H18N2O3S. The lowest BCUT2D eigenvalue weighted by Crippen LogP contribution is -2.51. The SMILES string of the molecule is O=C(c1ccco1)N1CCN(C(=O)[C@H]2CSc3ccccc32)CC1. The topological polar surface area (TPSA) is 53.8 Å². The molecule has 2 aromatic rings. The first-order valence-corrected chi connectivity index (χ1v) is 9.06. The summed E-state index contributed by atoms with van der Waals surface area (Å²) in [4.78, 5) is 30.0. The van der Waals surface area contributed by atoms with Crippen LogP contribution in [0.15, 0.2) is 52.0 Å². The van der Waals surface area contributed by atoms with E-state index in [0.717, 1.165) is 11.3 Å². The van der Waals surface area contributed by atoms with Crippen molar-refractivity contribution in [3.05, 3.63) is 54.0 Å². The first-order valence-electron chi connectivity index (χ1n) is 8.07. The average Bonchev–Trinajstić information content (AvgIpc) is 3.30. The van der Waals surface area contributed by atoms with Gasteiger partial charge in [0.25, 0.3) is 5.91 Å². The van der Waals surface area contributed by atoms with Crippen molar-refractivity contribution in [2.75, 3.05) is 31.9 Å². The molecule has 1 aromatic carbocycles. The second-order valence-electron chi connectivity index (χ2n) is 6.00. The van der Waals surface area contributed by atoms with Crippen LogP contribution < -0.4 is 0 Å². The maximum absolute atomic E-state index is 12.9. The van der Waals surface area contributed by atoms with E-state index in [0.29, 0.717) is 31.9 Å². The van der Waals surface area contributed by atoms with Crippen molar-refractivity contribution in [3.8, 4) is 0 Å². The average molecular weight is 342 g/mol. The Balaban J connectivity index is 1.40. The van der Waals surface area contributed by atoms with E-state index in [2.05, 4.69) is 12.1 Å². The quantitative estimate of drug-likeness (QED) is 0.841. The van der Waals surface area contributed by atoms with Gasteiger partial charge in [0.05, 0.1) is 12.2 Å². The summed E-state index contributed by atoms with van der Waals surface area (Å²) in [6.45, 7) is 2.25. The fourth-order valence-electron chi connectivity index (χ4n) is 3.27. The predicted molar refractivity (Wildman–Crippen MR) is 91.1 cm³/mol. The molecular weight excluding hydrogens is 324 g/mol. The molecule has 0 N–H and O–H groups in total. The van der Waals surface area contributed by atoms with Crippen LogP contribution in [0.5, 0.6) is 0 Å². The van der Waals surface area contributed by atoms with E-state index in [1.807, 2.05) is 17.0 Å². The van der Waals surface area contributed by atoms with Gasteiger partial charge < -0.3 is 14.2 Å². The van der Waals surface area contributed by atoms with E-state index in [-0.39, 0.29) is 17.7 Å². The Labute approximate surface area is 144 Å². The van der Waals surface area contributed by atoms with Gasteiger partial charge in [0.1, 0.15) is 0 Å². The number of carbonyl (C=O) groups excluding carboxylic acids is 2. The zero-order chi connectivity index (χ0) is 16.5. The highest BCUT2D eigenvalue weighted by Gasteiger charge is 2.34. The molecule has 0 aliphatic carbocycles. The summed E-state index contributed by atoms with van der Waals surface area (Å²) in [6.07, 6.45) is 1.50. The number of thioether (sulfide) groups is 1. The Bertz CT molecular complexity index is 751. The lowest BCUT2D eigenvalue weighted by Gasteiger charge is -2.35. The maximum atomic E-state index is 12.9. The number of hydrogen-bond donors (Lipinski definition) is 0. The lowest BCUT2D eigenvalue weighted by atomic mass is 9.99. The first-order chi connectivity index (χ1) is 11.7. The predicted octanol–water partition coefficient (Wildman–Crippen LogP) is 2.45. The number of hydrogen-bond acceptors (Lipinski definition) is 4. The fourth-order valence-corrected chi connectivity index (χ4v) is 4.49. The van der Waals surface area contributed by atoms with E-state index in [1.54, 1.807) is 28.8 Å². The number of fused-ring (bicyclic) bond motifs is 1. The molecule has 0 spiro atoms. The smallest absolute Gasteiger partial charge is 0.289 e. The van der Waals surface area contributed by atoms with Crippen LogP contribution in [0.1, 0.15) is 22.0 Å². The van der Waals surface area contributed by atoms with E-state index in [9.17, 15) is 9.59 Å². The molecule has 124 valence electrons. The normalized spacial score (nSPS) is 20.1. The van der Waals surface area contributed by atoms with Crippen LogP contribution in [0.25, 0.3) is 0 Å². The third kappa shape index (κ3) is 2.71. The molecule has 1 saturated heterocycles. The molecule has 1 aromatic heterocycles. The van der Waals surface area contributed by atoms with Crippen LogP contribution in [-0.2, 0) is 4.79 Å². The van der Waals surface area contributed by atoms with Crippen LogP contribution in [0.2, 0.25) is 0 Å². The molecule has 3 heterocycles. The monoisotopic (exact) mass is 342 g/mol. The van der Waals surface area contributed by atoms with Crippen molar-refractivity contribution in [1.82, 2.24) is 9.80 Å². The number of piperazine rings is 1. The first kappa shape index (κ1) is 15.3. The lowest BCUT2D eigenvalue weighted by molar-refractivity contribution is -0.133. The molecule has 0 radical (unpaired) electrons. The van der Waals surface area contributed by atoms with Gasteiger partial charge in [-0.05, 0) is 23.8 Å². The minimum Gasteiger partial charge on any atom is -0.459 e. The Morgan fingerprint density at radius 2 is 1.75 bits per heavy atom. The van der Waals surface area contributed by atoms with Crippen molar-refractivity contribution in [1.29, 1.82) is 0 Å². The van der Waals surface area contributed by atoms with Gasteiger partial charge in [0, 0.05) is 36.8 Å². The van der Waals surface area contributed by atoms with Crippen LogP contribution in [0.3, 0.4) is 0 Å². The van der Waals surface area contributed by atoms with Gasteiger partial charge >= 0.3 is 0 Å². The number of benzene rings is 1. The number of amides is 2. The second kappa shape index (κ2) is 6.36. The molecule has 4 rings (SSSR count). The van der Waals surface area contributed by atoms with E-state index < -0.39 is 0 Å². The Kier molecular flexibility index (Phi) is 4.06. The summed E-state index contributed by atoms with van der Waals surface area (Å²) < 4.78 is 5.17. The summed E-state index contributed by atoms with van der Waals surface area (Å²) in [6, 6.07) is 11.5. The third-order valence-electron chi connectivity index (χ3n) is 4.61. The zero-order valence-electron chi connectivity index (χ0n) is 13.2. The number of carbonyl (C=O) groups is 2. The Morgan fingerprint density at radius 3 is 2.50 bits per heavy atom. The van der Waals surface area contributed by atoms with Gasteiger partial charge in [-0.15, -0.1) is 11.8 Å². The molecule has 2 aliphatic heterocycles. The summed E-state index contributed by atoms with van der Waals surface area (Å²) in [5.74, 6) is 1.19. The highest BCUT2D eigenvalue weighted by Crippen LogP contribution is 2.40. The number of rotatable bonds is 2. The molecule has 0 bridgehead atoms. The standard InChI is InChI=1S/C18H18N2O3S/c21-17(14-12-24-16-6-2-1-4-13(14)16)19-7-9-20(10-8-19)18(22)15-5-3-11-23-15/h1-6,11,14H,7-10,12H2/t14-/m0/s1. The largest absolute Gasteiger partial charge is 0.459 e. The molecule has 0 saturated carbocycles. The van der Waals surface area contributed by atoms with Gasteiger partial charge in [0.2, 0.25) is 5.91 Å². The van der Waals surface area contributed by atoms with Crippen LogP contribution >= 0.6 is 11.8 Å². The summed E-state index contributed by atoms with van der Waals surface area (Å²) in [5.41, 5.74) is 1.14. The van der Waals surface area contributed by atoms with Crippen LogP contribution in [0.4, 0.5) is 0 Å². The Hall–Kier alpha value is -2.21. The van der Waals surface area contributed by atoms with Gasteiger partial charge in [-0.3, -0.25) is 9.59 Å². The van der Waals surface area contributed by atoms with Crippen LogP contribution in [0, 0.1) is 0 Å². The van der Waals surface area contributed by atoms with E-state index in [1.165, 1.54) is 11.2 Å². The highest BCUT2D eigenvalue weighted by molar-refractivity contribution is 7.99. The fraction of sp³-hybridized carbons (Fsp3) is 0.333. The molecule has 0 unspecified atom stereocenters. The molecule has 2 aliphatic rings. The van der Waals surface area contributed by atoms with Crippen molar-refractivity contribution in [3.63, 3.8) is 0 Å². The van der Waals surface area contributed by atoms with E-state index >= 15 is 0 Å². The molecule has 5 nitrogen and oxygen atoms in total. The molecule has 2 amide bonds. The summed E-state index contributed by atoms with van der Waals surface area (Å²) in [7, 11) is 0. The van der Waals surface area contributed by atoms with Gasteiger partial charge in [-0.2, -0.15) is 0 Å². The second-order valence-corrected chi connectivity index (χ2v) is 7.06. The summed E-state index contributed by atoms with van der Waals surface area (Å²) in [5, 5.41) is 0.